The number of nitrogens with one attached hydrogen (secondary N) is 1. The average molecular weight is 443 g/mol. The van der Waals surface area contributed by atoms with E-state index in [0.717, 1.165) is 17.8 Å². The fourth-order valence-corrected chi connectivity index (χ4v) is 3.35. The molecule has 1 amide bonds. The Labute approximate surface area is 181 Å². The lowest BCUT2D eigenvalue weighted by atomic mass is 10.0. The molecule has 3 heterocycles. The number of alkyl halides is 3. The fraction of sp³-hybridized carbons (Fsp3) is 0.273. The third kappa shape index (κ3) is 3.83. The van der Waals surface area contributed by atoms with Gasteiger partial charge < -0.3 is 9.84 Å². The van der Waals surface area contributed by atoms with Crippen molar-refractivity contribution in [3.05, 3.63) is 64.8 Å². The molecule has 0 saturated carbocycles. The van der Waals surface area contributed by atoms with Crippen LogP contribution in [0.1, 0.15) is 52.8 Å². The maximum absolute atomic E-state index is 13.8. The van der Waals surface area contributed by atoms with Crippen molar-refractivity contribution in [2.75, 3.05) is 5.32 Å². The number of hydrogen-bond donors (Lipinski definition) is 1. The molecule has 32 heavy (non-hydrogen) atoms. The summed E-state index contributed by atoms with van der Waals surface area (Å²) in [6.45, 7) is 7.31. The molecule has 1 aromatic carbocycles. The molecule has 0 atom stereocenters. The minimum absolute atomic E-state index is 0.0898. The van der Waals surface area contributed by atoms with E-state index in [9.17, 15) is 18.0 Å². The van der Waals surface area contributed by atoms with E-state index >= 15 is 0 Å². The second-order valence-electron chi connectivity index (χ2n) is 7.75. The number of benzene rings is 1. The minimum atomic E-state index is -4.70. The van der Waals surface area contributed by atoms with Crippen LogP contribution in [-0.2, 0) is 6.18 Å². The summed E-state index contributed by atoms with van der Waals surface area (Å²) < 4.78 is 47.0. The molecule has 3 aromatic heterocycles. The smallest absolute Gasteiger partial charge is 0.359 e. The molecule has 0 bridgehead atoms. The van der Waals surface area contributed by atoms with Crippen LogP contribution in [0.3, 0.4) is 0 Å². The summed E-state index contributed by atoms with van der Waals surface area (Å²) in [5, 5.41) is 10.2. The second kappa shape index (κ2) is 7.77. The molecule has 0 radical (unpaired) electrons. The predicted octanol–water partition coefficient (Wildman–Crippen LogP) is 5.40. The maximum Gasteiger partial charge on any atom is 0.433 e. The first-order valence-corrected chi connectivity index (χ1v) is 9.86. The summed E-state index contributed by atoms with van der Waals surface area (Å²) in [6.07, 6.45) is -3.63. The lowest BCUT2D eigenvalue weighted by Gasteiger charge is -2.12. The molecule has 0 unspecified atom stereocenters. The SMILES string of the molecule is Cc1noc(C)c1NC(=O)c1cnn2c(C(F)(F)F)cc(-c3ccc(C(C)C)cc3)nc12. The van der Waals surface area contributed by atoms with Gasteiger partial charge >= 0.3 is 6.18 Å². The molecule has 0 aliphatic heterocycles. The number of rotatable bonds is 4. The number of carbonyl (C=O) groups excluding carboxylic acids is 1. The van der Waals surface area contributed by atoms with E-state index in [1.807, 2.05) is 26.0 Å². The van der Waals surface area contributed by atoms with Gasteiger partial charge in [0.15, 0.2) is 17.1 Å². The predicted molar refractivity (Wildman–Crippen MR) is 111 cm³/mol. The average Bonchev–Trinajstić information content (AvgIpc) is 3.30. The first-order valence-electron chi connectivity index (χ1n) is 9.86. The lowest BCUT2D eigenvalue weighted by Crippen LogP contribution is -2.16. The van der Waals surface area contributed by atoms with Crippen LogP contribution in [-0.4, -0.2) is 25.7 Å². The second-order valence-corrected chi connectivity index (χ2v) is 7.75. The standard InChI is InChI=1S/C22H20F3N5O2/c1-11(2)14-5-7-15(8-6-14)17-9-18(22(23,24)25)30-20(27-17)16(10-26-30)21(31)28-19-12(3)29-32-13(19)4/h5-11H,1-4H3,(H,28,31). The highest BCUT2D eigenvalue weighted by Gasteiger charge is 2.36. The Hall–Kier alpha value is -3.69. The normalized spacial score (nSPS) is 12.0. The van der Waals surface area contributed by atoms with Crippen molar-refractivity contribution >= 4 is 17.2 Å². The third-order valence-electron chi connectivity index (χ3n) is 5.15. The van der Waals surface area contributed by atoms with Crippen LogP contribution in [0.5, 0.6) is 0 Å². The van der Waals surface area contributed by atoms with E-state index in [0.29, 0.717) is 27.2 Å². The van der Waals surface area contributed by atoms with Crippen LogP contribution in [0.25, 0.3) is 16.9 Å². The van der Waals surface area contributed by atoms with Crippen LogP contribution in [0.4, 0.5) is 18.9 Å². The molecule has 166 valence electrons. The molecule has 0 fully saturated rings. The third-order valence-corrected chi connectivity index (χ3v) is 5.15. The van der Waals surface area contributed by atoms with Gasteiger partial charge in [-0.15, -0.1) is 0 Å². The summed E-state index contributed by atoms with van der Waals surface area (Å²) >= 11 is 0. The van der Waals surface area contributed by atoms with E-state index < -0.39 is 17.8 Å². The van der Waals surface area contributed by atoms with Gasteiger partial charge in [-0.05, 0) is 31.4 Å². The van der Waals surface area contributed by atoms with Gasteiger partial charge in [-0.1, -0.05) is 43.3 Å². The zero-order valence-electron chi connectivity index (χ0n) is 17.8. The number of amides is 1. The Balaban J connectivity index is 1.84. The lowest BCUT2D eigenvalue weighted by molar-refractivity contribution is -0.142. The largest absolute Gasteiger partial charge is 0.433 e. The molecule has 7 nitrogen and oxygen atoms in total. The number of anilines is 1. The van der Waals surface area contributed by atoms with Crippen LogP contribution in [0.15, 0.2) is 41.1 Å². The van der Waals surface area contributed by atoms with Crippen molar-refractivity contribution in [2.24, 2.45) is 0 Å². The molecule has 0 aliphatic rings. The Bertz CT molecular complexity index is 1280. The van der Waals surface area contributed by atoms with Crippen molar-refractivity contribution in [3.8, 4) is 11.3 Å². The molecule has 4 aromatic rings. The summed E-state index contributed by atoms with van der Waals surface area (Å²) in [4.78, 5) is 17.2. The van der Waals surface area contributed by atoms with Crippen LogP contribution < -0.4 is 5.32 Å². The molecule has 10 heteroatoms. The van der Waals surface area contributed by atoms with Gasteiger partial charge in [0.1, 0.15) is 16.9 Å². The first kappa shape index (κ1) is 21.5. The molecule has 4 rings (SSSR count). The summed E-state index contributed by atoms with van der Waals surface area (Å²) in [5.74, 6) is -0.01000. The van der Waals surface area contributed by atoms with Gasteiger partial charge in [-0.25, -0.2) is 9.50 Å². The van der Waals surface area contributed by atoms with Crippen LogP contribution in [0, 0.1) is 13.8 Å². The molecule has 1 N–H and O–H groups in total. The molecule has 0 spiro atoms. The molecule has 0 saturated heterocycles. The van der Waals surface area contributed by atoms with Crippen LogP contribution in [0.2, 0.25) is 0 Å². The number of aryl methyl sites for hydroxylation is 2. The molecular weight excluding hydrogens is 423 g/mol. The Kier molecular flexibility index (Phi) is 5.23. The summed E-state index contributed by atoms with van der Waals surface area (Å²) in [7, 11) is 0. The van der Waals surface area contributed by atoms with E-state index in [1.165, 1.54) is 0 Å². The van der Waals surface area contributed by atoms with Gasteiger partial charge in [0.25, 0.3) is 5.91 Å². The number of aromatic nitrogens is 4. The number of hydrogen-bond acceptors (Lipinski definition) is 5. The number of halogens is 3. The fourth-order valence-electron chi connectivity index (χ4n) is 3.35. The van der Waals surface area contributed by atoms with Gasteiger partial charge in [-0.3, -0.25) is 4.79 Å². The zero-order valence-corrected chi connectivity index (χ0v) is 17.8. The summed E-state index contributed by atoms with van der Waals surface area (Å²) in [6, 6.07) is 8.06. The number of fused-ring (bicyclic) bond motifs is 1. The van der Waals surface area contributed by atoms with Gasteiger partial charge in [0.2, 0.25) is 0 Å². The maximum atomic E-state index is 13.8. The Morgan fingerprint density at radius 3 is 2.41 bits per heavy atom. The monoisotopic (exact) mass is 443 g/mol. The number of nitrogens with zero attached hydrogens (tertiary/aromatic N) is 4. The highest BCUT2D eigenvalue weighted by Crippen LogP contribution is 2.33. The highest BCUT2D eigenvalue weighted by molar-refractivity contribution is 6.08. The van der Waals surface area contributed by atoms with Crippen molar-refractivity contribution < 1.29 is 22.5 Å². The van der Waals surface area contributed by atoms with Crippen molar-refractivity contribution in [2.45, 2.75) is 39.8 Å². The molecular formula is C22H20F3N5O2. The number of carbonyl (C=O) groups is 1. The van der Waals surface area contributed by atoms with Crippen molar-refractivity contribution in [3.63, 3.8) is 0 Å². The zero-order chi connectivity index (χ0) is 23.2. The topological polar surface area (TPSA) is 85.3 Å². The van der Waals surface area contributed by atoms with Gasteiger partial charge in [0, 0.05) is 5.56 Å². The van der Waals surface area contributed by atoms with Crippen molar-refractivity contribution in [1.82, 2.24) is 19.8 Å². The van der Waals surface area contributed by atoms with Crippen LogP contribution >= 0.6 is 0 Å². The van der Waals surface area contributed by atoms with Gasteiger partial charge in [0.05, 0.1) is 11.9 Å². The van der Waals surface area contributed by atoms with E-state index in [1.54, 1.807) is 26.0 Å². The van der Waals surface area contributed by atoms with E-state index in [-0.39, 0.29) is 22.8 Å². The summed E-state index contributed by atoms with van der Waals surface area (Å²) in [5.41, 5.74) is 1.11. The Morgan fingerprint density at radius 1 is 1.16 bits per heavy atom. The van der Waals surface area contributed by atoms with Gasteiger partial charge in [-0.2, -0.15) is 18.3 Å². The molecule has 0 aliphatic carbocycles. The highest BCUT2D eigenvalue weighted by atomic mass is 19.4. The van der Waals surface area contributed by atoms with E-state index in [4.69, 9.17) is 4.52 Å². The van der Waals surface area contributed by atoms with E-state index in [2.05, 4.69) is 20.6 Å². The minimum Gasteiger partial charge on any atom is -0.359 e. The first-order chi connectivity index (χ1) is 15.1. The Morgan fingerprint density at radius 2 is 1.84 bits per heavy atom. The quantitative estimate of drug-likeness (QED) is 0.457. The van der Waals surface area contributed by atoms with Crippen molar-refractivity contribution in [1.29, 1.82) is 0 Å².